The van der Waals surface area contributed by atoms with Crippen molar-refractivity contribution in [1.82, 2.24) is 15.2 Å². The van der Waals surface area contributed by atoms with Gasteiger partial charge in [0.05, 0.1) is 17.7 Å². The Morgan fingerprint density at radius 1 is 1.27 bits per heavy atom. The summed E-state index contributed by atoms with van der Waals surface area (Å²) in [4.78, 5) is 27.0. The van der Waals surface area contributed by atoms with E-state index in [1.54, 1.807) is 31.4 Å². The molecule has 0 atom stereocenters. The monoisotopic (exact) mass is 440 g/mol. The molecule has 152 valence electrons. The molecule has 0 bridgehead atoms. The number of nitrogens with one attached hydrogen (secondary N) is 1. The summed E-state index contributed by atoms with van der Waals surface area (Å²) < 4.78 is 10.3. The number of fused-ring (bicyclic) bond motifs is 1. The van der Waals surface area contributed by atoms with Gasteiger partial charge in [0.2, 0.25) is 5.91 Å². The van der Waals surface area contributed by atoms with Crippen LogP contribution in [0.15, 0.2) is 52.0 Å². The Bertz CT molecular complexity index is 1160. The lowest BCUT2D eigenvalue weighted by molar-refractivity contribution is -0.122. The second-order valence-corrected chi connectivity index (χ2v) is 8.02. The largest absolute Gasteiger partial charge is 0.497 e. The van der Waals surface area contributed by atoms with Gasteiger partial charge in [-0.15, -0.1) is 0 Å². The quantitative estimate of drug-likeness (QED) is 0.460. The number of hydrogen-bond donors (Lipinski definition) is 1. The van der Waals surface area contributed by atoms with Crippen LogP contribution in [0, 0.1) is 0 Å². The molecule has 0 saturated carbocycles. The smallest absolute Gasteiger partial charge is 0.266 e. The third-order valence-electron chi connectivity index (χ3n) is 4.41. The van der Waals surface area contributed by atoms with Gasteiger partial charge in [0.25, 0.3) is 5.91 Å². The summed E-state index contributed by atoms with van der Waals surface area (Å²) >= 11 is 6.55. The minimum Gasteiger partial charge on any atom is -0.497 e. The highest BCUT2D eigenvalue weighted by molar-refractivity contribution is 8.26. The van der Waals surface area contributed by atoms with Crippen LogP contribution < -0.4 is 10.1 Å². The topological polar surface area (TPSA) is 97.6 Å². The van der Waals surface area contributed by atoms with E-state index in [4.69, 9.17) is 21.6 Å². The van der Waals surface area contributed by atoms with Crippen LogP contribution >= 0.6 is 24.0 Å². The lowest BCUT2D eigenvalue weighted by atomic mass is 10.2. The van der Waals surface area contributed by atoms with E-state index < -0.39 is 0 Å². The lowest BCUT2D eigenvalue weighted by Gasteiger charge is -2.14. The van der Waals surface area contributed by atoms with Gasteiger partial charge in [-0.25, -0.2) is 4.63 Å². The number of nitrogens with zero attached hydrogens (tertiary/aromatic N) is 3. The average molecular weight is 441 g/mol. The number of anilines is 1. The second kappa shape index (κ2) is 8.64. The van der Waals surface area contributed by atoms with E-state index >= 15 is 0 Å². The van der Waals surface area contributed by atoms with Crippen molar-refractivity contribution in [1.29, 1.82) is 0 Å². The van der Waals surface area contributed by atoms with Crippen molar-refractivity contribution >= 4 is 62.9 Å². The standard InChI is InChI=1S/C20H16N4O4S2/c1-27-13-7-5-12(6-8-13)11-16-19(26)24(20(29)30-16)10-9-17(25)21-14-3-2-4-15-18(14)23-28-22-15/h2-8,11H,9-10H2,1H3,(H,21,25)/b16-11-. The number of rotatable bonds is 6. The number of aromatic nitrogens is 2. The van der Waals surface area contributed by atoms with Crippen LogP contribution in [0.2, 0.25) is 0 Å². The van der Waals surface area contributed by atoms with Gasteiger partial charge in [-0.05, 0) is 46.2 Å². The van der Waals surface area contributed by atoms with Crippen molar-refractivity contribution in [2.24, 2.45) is 0 Å². The molecule has 2 heterocycles. The highest BCUT2D eigenvalue weighted by Gasteiger charge is 2.32. The maximum Gasteiger partial charge on any atom is 0.266 e. The number of carbonyl (C=O) groups excluding carboxylic acids is 2. The first-order chi connectivity index (χ1) is 14.5. The highest BCUT2D eigenvalue weighted by atomic mass is 32.2. The van der Waals surface area contributed by atoms with Crippen LogP contribution in [0.4, 0.5) is 5.69 Å². The van der Waals surface area contributed by atoms with Crippen molar-refractivity contribution < 1.29 is 19.0 Å². The molecule has 2 aromatic carbocycles. The van der Waals surface area contributed by atoms with Gasteiger partial charge >= 0.3 is 0 Å². The van der Waals surface area contributed by atoms with E-state index in [-0.39, 0.29) is 24.8 Å². The number of methoxy groups -OCH3 is 1. The maximum atomic E-state index is 12.7. The van der Waals surface area contributed by atoms with Crippen molar-refractivity contribution in [3.63, 3.8) is 0 Å². The predicted octanol–water partition coefficient (Wildman–Crippen LogP) is 3.46. The van der Waals surface area contributed by atoms with Crippen molar-refractivity contribution in [2.75, 3.05) is 19.0 Å². The minimum atomic E-state index is -0.265. The molecule has 2 amide bonds. The van der Waals surface area contributed by atoms with Gasteiger partial charge in [0, 0.05) is 13.0 Å². The molecule has 1 aromatic heterocycles. The molecule has 1 N–H and O–H groups in total. The van der Waals surface area contributed by atoms with Crippen LogP contribution in [-0.4, -0.2) is 45.0 Å². The zero-order chi connectivity index (χ0) is 21.1. The molecular weight excluding hydrogens is 424 g/mol. The summed E-state index contributed by atoms with van der Waals surface area (Å²) in [6, 6.07) is 12.5. The van der Waals surface area contributed by atoms with E-state index in [9.17, 15) is 9.59 Å². The first kappa shape index (κ1) is 20.0. The van der Waals surface area contributed by atoms with Crippen LogP contribution in [-0.2, 0) is 9.59 Å². The molecule has 1 saturated heterocycles. The van der Waals surface area contributed by atoms with Gasteiger partial charge < -0.3 is 10.1 Å². The van der Waals surface area contributed by atoms with Crippen LogP contribution in [0.25, 0.3) is 17.1 Å². The zero-order valence-corrected chi connectivity index (χ0v) is 17.5. The van der Waals surface area contributed by atoms with Crippen LogP contribution in [0.1, 0.15) is 12.0 Å². The van der Waals surface area contributed by atoms with E-state index in [0.717, 1.165) is 11.3 Å². The zero-order valence-electron chi connectivity index (χ0n) is 15.8. The molecular formula is C20H16N4O4S2. The molecule has 10 heteroatoms. The second-order valence-electron chi connectivity index (χ2n) is 6.34. The molecule has 1 aliphatic heterocycles. The van der Waals surface area contributed by atoms with Crippen LogP contribution in [0.5, 0.6) is 5.75 Å². The first-order valence-electron chi connectivity index (χ1n) is 8.96. The highest BCUT2D eigenvalue weighted by Crippen LogP contribution is 2.33. The number of ether oxygens (including phenoxy) is 1. The minimum absolute atomic E-state index is 0.0872. The summed E-state index contributed by atoms with van der Waals surface area (Å²) in [7, 11) is 1.60. The molecule has 4 rings (SSSR count). The van der Waals surface area contributed by atoms with E-state index in [2.05, 4.69) is 15.6 Å². The lowest BCUT2D eigenvalue weighted by Crippen LogP contribution is -2.31. The fourth-order valence-corrected chi connectivity index (χ4v) is 4.19. The number of benzene rings is 2. The maximum absolute atomic E-state index is 12.7. The molecule has 1 aliphatic rings. The molecule has 0 unspecified atom stereocenters. The summed E-state index contributed by atoms with van der Waals surface area (Å²) in [6.07, 6.45) is 1.86. The number of amides is 2. The van der Waals surface area contributed by atoms with Gasteiger partial charge in [0.15, 0.2) is 5.52 Å². The third kappa shape index (κ3) is 4.19. The normalized spacial score (nSPS) is 15.2. The van der Waals surface area contributed by atoms with Crippen molar-refractivity contribution in [3.8, 4) is 5.75 Å². The molecule has 0 spiro atoms. The summed E-state index contributed by atoms with van der Waals surface area (Å²) in [5.41, 5.74) is 2.39. The van der Waals surface area contributed by atoms with Crippen LogP contribution in [0.3, 0.4) is 0 Å². The molecule has 3 aromatic rings. The fourth-order valence-electron chi connectivity index (χ4n) is 2.88. The van der Waals surface area contributed by atoms with Crippen molar-refractivity contribution in [3.05, 3.63) is 52.9 Å². The Balaban J connectivity index is 1.39. The Kier molecular flexibility index (Phi) is 5.77. The molecule has 0 radical (unpaired) electrons. The fraction of sp³-hybridized carbons (Fsp3) is 0.150. The van der Waals surface area contributed by atoms with E-state index in [0.29, 0.717) is 25.9 Å². The third-order valence-corrected chi connectivity index (χ3v) is 5.79. The molecule has 30 heavy (non-hydrogen) atoms. The van der Waals surface area contributed by atoms with Gasteiger partial charge in [-0.2, -0.15) is 0 Å². The predicted molar refractivity (Wildman–Crippen MR) is 118 cm³/mol. The van der Waals surface area contributed by atoms with Gasteiger partial charge in [-0.1, -0.05) is 42.2 Å². The number of hydrogen-bond acceptors (Lipinski definition) is 8. The Labute approximate surface area is 181 Å². The van der Waals surface area contributed by atoms with E-state index in [1.807, 2.05) is 24.3 Å². The SMILES string of the molecule is COc1ccc(/C=C2\SC(=S)N(CCC(=O)Nc3cccc4nonc34)C2=O)cc1. The Hall–Kier alpha value is -3.24. The summed E-state index contributed by atoms with van der Waals surface area (Å²) in [5.74, 6) is 0.262. The molecule has 8 nitrogen and oxygen atoms in total. The van der Waals surface area contributed by atoms with Crippen molar-refractivity contribution in [2.45, 2.75) is 6.42 Å². The first-order valence-corrected chi connectivity index (χ1v) is 10.2. The van der Waals surface area contributed by atoms with E-state index in [1.165, 1.54) is 16.7 Å². The number of thioether (sulfide) groups is 1. The van der Waals surface area contributed by atoms with Gasteiger partial charge in [0.1, 0.15) is 15.6 Å². The van der Waals surface area contributed by atoms with Gasteiger partial charge in [-0.3, -0.25) is 14.5 Å². The molecule has 1 fully saturated rings. The number of thiocarbonyl (C=S) groups is 1. The Morgan fingerprint density at radius 3 is 2.83 bits per heavy atom. The molecule has 0 aliphatic carbocycles. The summed E-state index contributed by atoms with van der Waals surface area (Å²) in [6.45, 7) is 0.184. The number of carbonyl (C=O) groups is 2. The Morgan fingerprint density at radius 2 is 2.07 bits per heavy atom. The summed E-state index contributed by atoms with van der Waals surface area (Å²) in [5, 5.41) is 10.3. The average Bonchev–Trinajstić information content (AvgIpc) is 3.33.